The van der Waals surface area contributed by atoms with E-state index >= 15 is 0 Å². The summed E-state index contributed by atoms with van der Waals surface area (Å²) < 4.78 is 27.7. The Kier molecular flexibility index (Phi) is 1.99. The van der Waals surface area contributed by atoms with E-state index < -0.39 is 12.0 Å². The molecule has 0 bridgehead atoms. The Morgan fingerprint density at radius 2 is 2.43 bits per heavy atom. The molecule has 0 aliphatic heterocycles. The van der Waals surface area contributed by atoms with Gasteiger partial charge in [0.15, 0.2) is 0 Å². The second-order valence-corrected chi connectivity index (χ2v) is 3.49. The summed E-state index contributed by atoms with van der Waals surface area (Å²) in [7, 11) is 0. The first-order chi connectivity index (χ1) is 6.63. The zero-order valence-corrected chi connectivity index (χ0v) is 7.45. The largest absolute Gasteiger partial charge is 0.270 e. The molecule has 1 unspecified atom stereocenters. The number of hydrogen-bond donors (Lipinski definition) is 0. The van der Waals surface area contributed by atoms with Crippen molar-refractivity contribution in [1.82, 2.24) is 9.78 Å². The zero-order chi connectivity index (χ0) is 10.2. The summed E-state index contributed by atoms with van der Waals surface area (Å²) in [5.74, 6) is -2.68. The molecule has 3 nitrogen and oxygen atoms in total. The molecule has 2 rings (SSSR count). The number of rotatable bonds is 1. The Hall–Kier alpha value is -1.44. The first-order valence-corrected chi connectivity index (χ1v) is 4.45. The molecule has 0 aromatic carbocycles. The Balaban J connectivity index is 2.27. The average Bonchev–Trinajstić information content (AvgIpc) is 2.70. The van der Waals surface area contributed by atoms with Crippen LogP contribution in [0.2, 0.25) is 0 Å². The Morgan fingerprint density at radius 3 is 2.93 bits per heavy atom. The van der Waals surface area contributed by atoms with Crippen LogP contribution in [0.25, 0.3) is 0 Å². The van der Waals surface area contributed by atoms with Crippen LogP contribution in [-0.4, -0.2) is 15.7 Å². The van der Waals surface area contributed by atoms with Crippen molar-refractivity contribution >= 4 is 0 Å². The second kappa shape index (κ2) is 3.05. The highest BCUT2D eigenvalue weighted by Crippen LogP contribution is 2.43. The minimum absolute atomic E-state index is 0.0839. The van der Waals surface area contributed by atoms with Crippen molar-refractivity contribution < 1.29 is 8.78 Å². The summed E-state index contributed by atoms with van der Waals surface area (Å²) in [6, 6.07) is 0.999. The average molecular weight is 197 g/mol. The SMILES string of the molecule is N#Cc1cnn(C2CCCC2(F)F)c1. The summed E-state index contributed by atoms with van der Waals surface area (Å²) in [5, 5.41) is 12.3. The normalized spacial score (nSPS) is 24.8. The molecule has 74 valence electrons. The van der Waals surface area contributed by atoms with E-state index in [1.165, 1.54) is 17.1 Å². The third-order valence-electron chi connectivity index (χ3n) is 2.53. The van der Waals surface area contributed by atoms with Crippen LogP contribution >= 0.6 is 0 Å². The molecule has 1 atom stereocenters. The maximum Gasteiger partial charge on any atom is 0.270 e. The van der Waals surface area contributed by atoms with Gasteiger partial charge in [0.2, 0.25) is 0 Å². The molecule has 1 aromatic rings. The fraction of sp³-hybridized carbons (Fsp3) is 0.556. The molecule has 0 saturated heterocycles. The van der Waals surface area contributed by atoms with Crippen molar-refractivity contribution in [3.63, 3.8) is 0 Å². The van der Waals surface area contributed by atoms with Gasteiger partial charge in [0.25, 0.3) is 5.92 Å². The lowest BCUT2D eigenvalue weighted by molar-refractivity contribution is -0.0343. The van der Waals surface area contributed by atoms with E-state index in [0.717, 1.165) is 0 Å². The zero-order valence-electron chi connectivity index (χ0n) is 7.45. The molecule has 1 aliphatic rings. The highest BCUT2D eigenvalue weighted by Gasteiger charge is 2.45. The van der Waals surface area contributed by atoms with Gasteiger partial charge < -0.3 is 0 Å². The predicted molar refractivity (Wildman–Crippen MR) is 44.8 cm³/mol. The molecule has 1 heterocycles. The summed E-state index contributed by atoms with van der Waals surface area (Å²) in [5.41, 5.74) is 0.327. The number of nitriles is 1. The van der Waals surface area contributed by atoms with Gasteiger partial charge >= 0.3 is 0 Å². The number of hydrogen-bond acceptors (Lipinski definition) is 2. The van der Waals surface area contributed by atoms with E-state index in [0.29, 0.717) is 18.4 Å². The first-order valence-electron chi connectivity index (χ1n) is 4.45. The third kappa shape index (κ3) is 1.37. The molecule has 0 N–H and O–H groups in total. The lowest BCUT2D eigenvalue weighted by Gasteiger charge is -2.18. The van der Waals surface area contributed by atoms with Gasteiger partial charge in [-0.3, -0.25) is 4.68 Å². The molecular formula is C9H9F2N3. The van der Waals surface area contributed by atoms with Gasteiger partial charge in [-0.1, -0.05) is 0 Å². The Bertz CT molecular complexity index is 378. The maximum atomic E-state index is 13.3. The van der Waals surface area contributed by atoms with E-state index in [1.807, 2.05) is 6.07 Å². The van der Waals surface area contributed by atoms with Crippen LogP contribution in [0.1, 0.15) is 30.9 Å². The summed E-state index contributed by atoms with van der Waals surface area (Å²) in [6.07, 6.45) is 3.55. The van der Waals surface area contributed by atoms with Crippen molar-refractivity contribution in [2.24, 2.45) is 0 Å². The first kappa shape index (κ1) is 9.13. The smallest absolute Gasteiger partial charge is 0.262 e. The molecule has 1 aromatic heterocycles. The molecule has 1 fully saturated rings. The van der Waals surface area contributed by atoms with E-state index in [4.69, 9.17) is 5.26 Å². The standard InChI is InChI=1S/C9H9F2N3/c10-9(11)3-1-2-8(9)14-6-7(4-12)5-13-14/h5-6,8H,1-3H2. The molecule has 14 heavy (non-hydrogen) atoms. The summed E-state index contributed by atoms with van der Waals surface area (Å²) >= 11 is 0. The fourth-order valence-electron chi connectivity index (χ4n) is 1.80. The molecular weight excluding hydrogens is 188 g/mol. The van der Waals surface area contributed by atoms with Gasteiger partial charge in [-0.15, -0.1) is 0 Å². The molecule has 1 saturated carbocycles. The van der Waals surface area contributed by atoms with Crippen molar-refractivity contribution in [2.75, 3.05) is 0 Å². The highest BCUT2D eigenvalue weighted by atomic mass is 19.3. The quantitative estimate of drug-likeness (QED) is 0.691. The lowest BCUT2D eigenvalue weighted by atomic mass is 10.2. The van der Waals surface area contributed by atoms with Crippen molar-refractivity contribution in [1.29, 1.82) is 5.26 Å². The van der Waals surface area contributed by atoms with E-state index in [2.05, 4.69) is 5.10 Å². The molecule has 0 amide bonds. The van der Waals surface area contributed by atoms with Crippen LogP contribution in [0.5, 0.6) is 0 Å². The van der Waals surface area contributed by atoms with Crippen LogP contribution in [-0.2, 0) is 0 Å². The van der Waals surface area contributed by atoms with Gasteiger partial charge in [-0.2, -0.15) is 10.4 Å². The van der Waals surface area contributed by atoms with Gasteiger partial charge in [0.05, 0.1) is 11.8 Å². The minimum Gasteiger partial charge on any atom is -0.262 e. The molecule has 0 spiro atoms. The van der Waals surface area contributed by atoms with Gasteiger partial charge in [0.1, 0.15) is 12.1 Å². The van der Waals surface area contributed by atoms with Crippen molar-refractivity contribution in [3.8, 4) is 6.07 Å². The van der Waals surface area contributed by atoms with E-state index in [9.17, 15) is 8.78 Å². The molecule has 1 aliphatic carbocycles. The van der Waals surface area contributed by atoms with Gasteiger partial charge in [-0.05, 0) is 12.8 Å². The van der Waals surface area contributed by atoms with Crippen LogP contribution < -0.4 is 0 Å². The Morgan fingerprint density at radius 1 is 1.64 bits per heavy atom. The van der Waals surface area contributed by atoms with Crippen molar-refractivity contribution in [3.05, 3.63) is 18.0 Å². The second-order valence-electron chi connectivity index (χ2n) is 3.49. The fourth-order valence-corrected chi connectivity index (χ4v) is 1.80. The third-order valence-corrected chi connectivity index (χ3v) is 2.53. The maximum absolute atomic E-state index is 13.3. The predicted octanol–water partition coefficient (Wildman–Crippen LogP) is 2.12. The van der Waals surface area contributed by atoms with Gasteiger partial charge in [0, 0.05) is 12.6 Å². The van der Waals surface area contributed by atoms with Crippen molar-refractivity contribution in [2.45, 2.75) is 31.2 Å². The topological polar surface area (TPSA) is 41.6 Å². The Labute approximate surface area is 79.9 Å². The molecule has 0 radical (unpaired) electrons. The van der Waals surface area contributed by atoms with E-state index in [-0.39, 0.29) is 6.42 Å². The number of nitrogens with zero attached hydrogens (tertiary/aromatic N) is 3. The minimum atomic E-state index is -2.68. The number of halogens is 2. The molecule has 5 heteroatoms. The summed E-state index contributed by atoms with van der Waals surface area (Å²) in [6.45, 7) is 0. The highest BCUT2D eigenvalue weighted by molar-refractivity contribution is 5.22. The summed E-state index contributed by atoms with van der Waals surface area (Å²) in [4.78, 5) is 0. The van der Waals surface area contributed by atoms with Crippen LogP contribution in [0, 0.1) is 11.3 Å². The number of aromatic nitrogens is 2. The van der Waals surface area contributed by atoms with E-state index in [1.54, 1.807) is 0 Å². The van der Waals surface area contributed by atoms with Crippen LogP contribution in [0.15, 0.2) is 12.4 Å². The lowest BCUT2D eigenvalue weighted by Crippen LogP contribution is -2.25. The number of alkyl halides is 2. The monoisotopic (exact) mass is 197 g/mol. The van der Waals surface area contributed by atoms with Gasteiger partial charge in [-0.25, -0.2) is 8.78 Å². The van der Waals surface area contributed by atoms with Crippen LogP contribution in [0.3, 0.4) is 0 Å². The van der Waals surface area contributed by atoms with Crippen LogP contribution in [0.4, 0.5) is 8.78 Å².